The first-order valence-electron chi connectivity index (χ1n) is 5.64. The maximum Gasteiger partial charge on any atom is 0.414 e. The molecule has 0 saturated carbocycles. The fourth-order valence-electron chi connectivity index (χ4n) is 1.74. The zero-order valence-corrected chi connectivity index (χ0v) is 12.8. The lowest BCUT2D eigenvalue weighted by Gasteiger charge is -2.13. The van der Waals surface area contributed by atoms with E-state index < -0.39 is 22.2 Å². The number of nitrogens with zero attached hydrogens (tertiary/aromatic N) is 1. The molecule has 1 fully saturated rings. The van der Waals surface area contributed by atoms with Crippen LogP contribution in [0, 0.1) is 0 Å². The molecule has 0 bridgehead atoms. The first-order valence-corrected chi connectivity index (χ1v) is 8.29. The molecule has 1 N–H and O–H groups in total. The molecule has 1 aromatic carbocycles. The average Bonchev–Trinajstić information content (AvgIpc) is 2.71. The molecule has 1 aliphatic heterocycles. The highest BCUT2D eigenvalue weighted by atomic mass is 35.5. The molecule has 1 atom stereocenters. The van der Waals surface area contributed by atoms with E-state index in [0.29, 0.717) is 15.7 Å². The summed E-state index contributed by atoms with van der Waals surface area (Å²) in [5.41, 5.74) is 0.547. The van der Waals surface area contributed by atoms with Gasteiger partial charge >= 0.3 is 6.09 Å². The minimum atomic E-state index is -3.32. The van der Waals surface area contributed by atoms with Gasteiger partial charge in [0.25, 0.3) is 0 Å². The molecule has 1 aromatic rings. The Hall–Kier alpha value is -1.02. The van der Waals surface area contributed by atoms with Crippen LogP contribution in [0.1, 0.15) is 0 Å². The van der Waals surface area contributed by atoms with Gasteiger partial charge in [0.2, 0.25) is 10.0 Å². The number of nitrogens with one attached hydrogen (secondary N) is 1. The molecule has 20 heavy (non-hydrogen) atoms. The first-order chi connectivity index (χ1) is 9.26. The van der Waals surface area contributed by atoms with E-state index in [9.17, 15) is 13.2 Å². The van der Waals surface area contributed by atoms with Crippen LogP contribution in [-0.2, 0) is 14.8 Å². The highest BCUT2D eigenvalue weighted by molar-refractivity contribution is 7.88. The van der Waals surface area contributed by atoms with E-state index in [2.05, 4.69) is 4.72 Å². The van der Waals surface area contributed by atoms with Gasteiger partial charge in [-0.2, -0.15) is 0 Å². The smallest absolute Gasteiger partial charge is 0.414 e. The Morgan fingerprint density at radius 3 is 2.70 bits per heavy atom. The van der Waals surface area contributed by atoms with Crippen LogP contribution in [0.25, 0.3) is 0 Å². The fourth-order valence-corrected chi connectivity index (χ4v) is 2.52. The Kier molecular flexibility index (Phi) is 4.43. The van der Waals surface area contributed by atoms with E-state index in [1.807, 2.05) is 0 Å². The fraction of sp³-hybridized carbons (Fsp3) is 0.364. The van der Waals surface area contributed by atoms with Crippen molar-refractivity contribution in [2.75, 3.05) is 24.2 Å². The number of sulfonamides is 1. The largest absolute Gasteiger partial charge is 0.443 e. The van der Waals surface area contributed by atoms with E-state index in [0.717, 1.165) is 6.26 Å². The van der Waals surface area contributed by atoms with Crippen LogP contribution in [0.15, 0.2) is 18.2 Å². The van der Waals surface area contributed by atoms with Gasteiger partial charge < -0.3 is 4.74 Å². The number of anilines is 1. The number of carbonyl (C=O) groups excluding carboxylic acids is 1. The van der Waals surface area contributed by atoms with Crippen LogP contribution in [0.5, 0.6) is 0 Å². The Morgan fingerprint density at radius 1 is 1.40 bits per heavy atom. The minimum absolute atomic E-state index is 0.0302. The Balaban J connectivity index is 2.07. The van der Waals surface area contributed by atoms with E-state index in [4.69, 9.17) is 27.9 Å². The molecule has 6 nitrogen and oxygen atoms in total. The predicted octanol–water partition coefficient (Wildman–Crippen LogP) is 1.87. The number of hydrogen-bond donors (Lipinski definition) is 1. The van der Waals surface area contributed by atoms with E-state index in [-0.39, 0.29) is 13.1 Å². The summed E-state index contributed by atoms with van der Waals surface area (Å²) in [5.74, 6) is 0. The summed E-state index contributed by atoms with van der Waals surface area (Å²) in [6.07, 6.45) is -0.0593. The molecule has 0 spiro atoms. The second-order valence-electron chi connectivity index (χ2n) is 4.34. The summed E-state index contributed by atoms with van der Waals surface area (Å²) < 4.78 is 29.4. The Labute approximate surface area is 126 Å². The van der Waals surface area contributed by atoms with E-state index >= 15 is 0 Å². The normalized spacial score (nSPS) is 19.2. The van der Waals surface area contributed by atoms with Crippen molar-refractivity contribution in [3.63, 3.8) is 0 Å². The third-order valence-corrected chi connectivity index (χ3v) is 4.09. The molecule has 0 aromatic heterocycles. The molecule has 1 aliphatic rings. The number of hydrogen-bond acceptors (Lipinski definition) is 4. The van der Waals surface area contributed by atoms with Gasteiger partial charge in [0, 0.05) is 12.2 Å². The molecule has 1 saturated heterocycles. The van der Waals surface area contributed by atoms with Gasteiger partial charge in [-0.25, -0.2) is 17.9 Å². The number of carbonyl (C=O) groups is 1. The van der Waals surface area contributed by atoms with Crippen LogP contribution in [-0.4, -0.2) is 40.0 Å². The highest BCUT2D eigenvalue weighted by Gasteiger charge is 2.32. The lowest BCUT2D eigenvalue weighted by atomic mass is 10.2. The summed E-state index contributed by atoms with van der Waals surface area (Å²) >= 11 is 11.7. The summed E-state index contributed by atoms with van der Waals surface area (Å²) in [5, 5.41) is 0.716. The van der Waals surface area contributed by atoms with Crippen LogP contribution in [0.2, 0.25) is 10.0 Å². The summed E-state index contributed by atoms with van der Waals surface area (Å²) in [7, 11) is -3.32. The SMILES string of the molecule is CS(=O)(=O)NCC1CN(c2ccc(Cl)c(Cl)c2)C(=O)O1. The van der Waals surface area contributed by atoms with Crippen LogP contribution >= 0.6 is 23.2 Å². The third kappa shape index (κ3) is 3.76. The Morgan fingerprint density at radius 2 is 2.10 bits per heavy atom. The molecular weight excluding hydrogens is 327 g/mol. The van der Waals surface area contributed by atoms with Crippen molar-refractivity contribution in [3.8, 4) is 0 Å². The maximum absolute atomic E-state index is 11.8. The van der Waals surface area contributed by atoms with Gasteiger partial charge in [-0.1, -0.05) is 23.2 Å². The number of benzene rings is 1. The molecule has 0 aliphatic carbocycles. The van der Waals surface area contributed by atoms with E-state index in [1.54, 1.807) is 18.2 Å². The maximum atomic E-state index is 11.8. The molecule has 1 amide bonds. The topological polar surface area (TPSA) is 75.7 Å². The van der Waals surface area contributed by atoms with Gasteiger partial charge in [0.1, 0.15) is 6.10 Å². The molecule has 2 rings (SSSR count). The number of rotatable bonds is 4. The number of amides is 1. The quantitative estimate of drug-likeness (QED) is 0.909. The van der Waals surface area contributed by atoms with E-state index in [1.165, 1.54) is 4.90 Å². The van der Waals surface area contributed by atoms with Gasteiger partial charge in [-0.15, -0.1) is 0 Å². The molecule has 110 valence electrons. The van der Waals surface area contributed by atoms with Crippen molar-refractivity contribution >= 4 is 45.0 Å². The summed E-state index contributed by atoms with van der Waals surface area (Å²) in [6, 6.07) is 4.77. The average molecular weight is 339 g/mol. The number of halogens is 2. The first kappa shape index (κ1) is 15.4. The monoisotopic (exact) mass is 338 g/mol. The van der Waals surface area contributed by atoms with Crippen molar-refractivity contribution in [2.24, 2.45) is 0 Å². The van der Waals surface area contributed by atoms with Gasteiger partial charge in [-0.05, 0) is 18.2 Å². The second kappa shape index (κ2) is 5.77. The zero-order valence-electron chi connectivity index (χ0n) is 10.5. The number of ether oxygens (including phenoxy) is 1. The zero-order chi connectivity index (χ0) is 14.9. The van der Waals surface area contributed by atoms with Crippen molar-refractivity contribution in [1.29, 1.82) is 0 Å². The van der Waals surface area contributed by atoms with Crippen molar-refractivity contribution in [3.05, 3.63) is 28.2 Å². The summed E-state index contributed by atoms with van der Waals surface area (Å²) in [4.78, 5) is 13.1. The molecular formula is C11H12Cl2N2O4S. The Bertz CT molecular complexity index is 635. The van der Waals surface area contributed by atoms with Crippen LogP contribution < -0.4 is 9.62 Å². The lowest BCUT2D eigenvalue weighted by Crippen LogP contribution is -2.33. The highest BCUT2D eigenvalue weighted by Crippen LogP contribution is 2.29. The minimum Gasteiger partial charge on any atom is -0.443 e. The molecule has 1 unspecified atom stereocenters. The van der Waals surface area contributed by atoms with Gasteiger partial charge in [0.15, 0.2) is 0 Å². The molecule has 9 heteroatoms. The molecule has 0 radical (unpaired) electrons. The predicted molar refractivity (Wildman–Crippen MR) is 76.9 cm³/mol. The van der Waals surface area contributed by atoms with Crippen LogP contribution in [0.3, 0.4) is 0 Å². The van der Waals surface area contributed by atoms with Crippen molar-refractivity contribution in [1.82, 2.24) is 4.72 Å². The second-order valence-corrected chi connectivity index (χ2v) is 6.98. The third-order valence-electron chi connectivity index (χ3n) is 2.66. The lowest BCUT2D eigenvalue weighted by molar-refractivity contribution is 0.143. The number of cyclic esters (lactones) is 1. The standard InChI is InChI=1S/C11H12Cl2N2O4S/c1-20(17,18)14-5-8-6-15(11(16)19-8)7-2-3-9(12)10(13)4-7/h2-4,8,14H,5-6H2,1H3. The molecule has 1 heterocycles. The summed E-state index contributed by atoms with van der Waals surface area (Å²) in [6.45, 7) is 0.266. The van der Waals surface area contributed by atoms with Crippen LogP contribution in [0.4, 0.5) is 10.5 Å². The van der Waals surface area contributed by atoms with Crippen molar-refractivity contribution < 1.29 is 17.9 Å². The van der Waals surface area contributed by atoms with Crippen molar-refractivity contribution in [2.45, 2.75) is 6.10 Å². The van der Waals surface area contributed by atoms with Gasteiger partial charge in [-0.3, -0.25) is 4.90 Å². The van der Waals surface area contributed by atoms with Gasteiger partial charge in [0.05, 0.1) is 22.8 Å².